The third-order valence-electron chi connectivity index (χ3n) is 3.32. The molecule has 1 heterocycles. The van der Waals surface area contributed by atoms with Gasteiger partial charge in [-0.2, -0.15) is 0 Å². The standard InChI is InChI=1S/C17H9BrClFO4/c18-10-4-5-11-9(6-15(21)24-14(11)7-10)8-23-17(22)16-12(19)2-1-3-13(16)20/h1-7H,8H2. The lowest BCUT2D eigenvalue weighted by Crippen LogP contribution is -2.10. The number of fused-ring (bicyclic) bond motifs is 1. The molecular weight excluding hydrogens is 403 g/mol. The van der Waals surface area contributed by atoms with Crippen LogP contribution in [0.15, 0.2) is 56.1 Å². The van der Waals surface area contributed by atoms with Crippen LogP contribution < -0.4 is 5.63 Å². The SMILES string of the molecule is O=C(OCc1cc(=O)oc2cc(Br)ccc12)c1c(F)cccc1Cl. The first-order valence-electron chi connectivity index (χ1n) is 6.79. The molecule has 0 aliphatic heterocycles. The van der Waals surface area contributed by atoms with Crippen molar-refractivity contribution in [1.29, 1.82) is 0 Å². The third-order valence-corrected chi connectivity index (χ3v) is 4.13. The number of rotatable bonds is 3. The summed E-state index contributed by atoms with van der Waals surface area (Å²) in [5, 5.41) is 0.576. The Morgan fingerprint density at radius 2 is 2.04 bits per heavy atom. The maximum absolute atomic E-state index is 13.7. The Labute approximate surface area is 148 Å². The molecular formula is C17H9BrClFO4. The molecule has 0 amide bonds. The van der Waals surface area contributed by atoms with E-state index in [-0.39, 0.29) is 17.2 Å². The first kappa shape index (κ1) is 16.7. The molecule has 0 aliphatic carbocycles. The highest BCUT2D eigenvalue weighted by atomic mass is 79.9. The van der Waals surface area contributed by atoms with Gasteiger partial charge in [-0.05, 0) is 30.3 Å². The molecule has 1 aromatic heterocycles. The molecule has 0 unspecified atom stereocenters. The van der Waals surface area contributed by atoms with Gasteiger partial charge in [-0.15, -0.1) is 0 Å². The summed E-state index contributed by atoms with van der Waals surface area (Å²) in [5.41, 5.74) is -0.105. The van der Waals surface area contributed by atoms with Gasteiger partial charge in [0.15, 0.2) is 0 Å². The minimum absolute atomic E-state index is 0.0404. The van der Waals surface area contributed by atoms with Gasteiger partial charge in [-0.25, -0.2) is 14.0 Å². The maximum Gasteiger partial charge on any atom is 0.342 e. The van der Waals surface area contributed by atoms with Crippen LogP contribution in [0.5, 0.6) is 0 Å². The zero-order valence-electron chi connectivity index (χ0n) is 12.0. The number of ether oxygens (including phenoxy) is 1. The van der Waals surface area contributed by atoms with Crippen molar-refractivity contribution in [2.24, 2.45) is 0 Å². The average Bonchev–Trinajstić information content (AvgIpc) is 2.51. The van der Waals surface area contributed by atoms with Gasteiger partial charge < -0.3 is 9.15 Å². The van der Waals surface area contributed by atoms with E-state index in [4.69, 9.17) is 20.8 Å². The summed E-state index contributed by atoms with van der Waals surface area (Å²) < 4.78 is 24.7. The fraction of sp³-hybridized carbons (Fsp3) is 0.0588. The minimum Gasteiger partial charge on any atom is -0.457 e. The summed E-state index contributed by atoms with van der Waals surface area (Å²) >= 11 is 9.12. The van der Waals surface area contributed by atoms with Gasteiger partial charge in [0, 0.05) is 21.5 Å². The molecule has 0 saturated carbocycles. The Kier molecular flexibility index (Phi) is 4.69. The van der Waals surface area contributed by atoms with Crippen LogP contribution in [-0.2, 0) is 11.3 Å². The van der Waals surface area contributed by atoms with Crippen LogP contribution in [-0.4, -0.2) is 5.97 Å². The second-order valence-electron chi connectivity index (χ2n) is 4.90. The van der Waals surface area contributed by atoms with E-state index in [9.17, 15) is 14.0 Å². The van der Waals surface area contributed by atoms with Crippen LogP contribution in [0.3, 0.4) is 0 Å². The van der Waals surface area contributed by atoms with Crippen LogP contribution >= 0.6 is 27.5 Å². The van der Waals surface area contributed by atoms with E-state index in [0.29, 0.717) is 16.5 Å². The summed E-state index contributed by atoms with van der Waals surface area (Å²) in [5.74, 6) is -1.68. The van der Waals surface area contributed by atoms with Gasteiger partial charge in [0.2, 0.25) is 0 Å². The van der Waals surface area contributed by atoms with Crippen molar-refractivity contribution in [2.75, 3.05) is 0 Å². The van der Waals surface area contributed by atoms with Gasteiger partial charge in [-0.3, -0.25) is 0 Å². The second kappa shape index (κ2) is 6.75. The predicted octanol–water partition coefficient (Wildman–Crippen LogP) is 4.71. The average molecular weight is 412 g/mol. The second-order valence-corrected chi connectivity index (χ2v) is 6.23. The fourth-order valence-electron chi connectivity index (χ4n) is 2.23. The van der Waals surface area contributed by atoms with Crippen molar-refractivity contribution in [3.8, 4) is 0 Å². The number of carbonyl (C=O) groups excluding carboxylic acids is 1. The van der Waals surface area contributed by atoms with E-state index in [1.165, 1.54) is 18.2 Å². The van der Waals surface area contributed by atoms with Gasteiger partial charge in [-0.1, -0.05) is 33.6 Å². The lowest BCUT2D eigenvalue weighted by molar-refractivity contribution is 0.0468. The highest BCUT2D eigenvalue weighted by Crippen LogP contribution is 2.24. The van der Waals surface area contributed by atoms with E-state index >= 15 is 0 Å². The Hall–Kier alpha value is -2.18. The number of halogens is 3. The van der Waals surface area contributed by atoms with Crippen molar-refractivity contribution < 1.29 is 18.3 Å². The molecule has 122 valence electrons. The van der Waals surface area contributed by atoms with E-state index in [1.54, 1.807) is 18.2 Å². The Morgan fingerprint density at radius 1 is 1.25 bits per heavy atom. The van der Waals surface area contributed by atoms with Crippen molar-refractivity contribution in [2.45, 2.75) is 6.61 Å². The molecule has 2 aromatic carbocycles. The zero-order chi connectivity index (χ0) is 17.3. The molecule has 3 aromatic rings. The van der Waals surface area contributed by atoms with Crippen molar-refractivity contribution in [3.05, 3.63) is 79.3 Å². The maximum atomic E-state index is 13.7. The quantitative estimate of drug-likeness (QED) is 0.463. The third kappa shape index (κ3) is 3.34. The molecule has 4 nitrogen and oxygen atoms in total. The molecule has 0 fully saturated rings. The molecule has 0 spiro atoms. The molecule has 0 saturated heterocycles. The first-order chi connectivity index (χ1) is 11.5. The van der Waals surface area contributed by atoms with E-state index in [0.717, 1.165) is 10.5 Å². The summed E-state index contributed by atoms with van der Waals surface area (Å²) in [6.07, 6.45) is 0. The van der Waals surface area contributed by atoms with Crippen LogP contribution in [0.25, 0.3) is 11.0 Å². The topological polar surface area (TPSA) is 56.5 Å². The highest BCUT2D eigenvalue weighted by molar-refractivity contribution is 9.10. The van der Waals surface area contributed by atoms with Crippen LogP contribution in [0.4, 0.5) is 4.39 Å². The highest BCUT2D eigenvalue weighted by Gasteiger charge is 2.18. The van der Waals surface area contributed by atoms with Crippen LogP contribution in [0.1, 0.15) is 15.9 Å². The Balaban J connectivity index is 1.91. The molecule has 0 N–H and O–H groups in total. The number of hydrogen-bond acceptors (Lipinski definition) is 4. The Morgan fingerprint density at radius 3 is 2.79 bits per heavy atom. The van der Waals surface area contributed by atoms with Crippen molar-refractivity contribution >= 4 is 44.5 Å². The van der Waals surface area contributed by atoms with Gasteiger partial charge >= 0.3 is 11.6 Å². The lowest BCUT2D eigenvalue weighted by Gasteiger charge is -2.09. The molecule has 3 rings (SSSR count). The number of benzene rings is 2. The lowest BCUT2D eigenvalue weighted by atomic mass is 10.1. The molecule has 0 aliphatic rings. The monoisotopic (exact) mass is 410 g/mol. The fourth-order valence-corrected chi connectivity index (χ4v) is 2.81. The number of carbonyl (C=O) groups is 1. The van der Waals surface area contributed by atoms with Crippen molar-refractivity contribution in [3.63, 3.8) is 0 Å². The van der Waals surface area contributed by atoms with Gasteiger partial charge in [0.1, 0.15) is 23.6 Å². The molecule has 7 heteroatoms. The normalized spacial score (nSPS) is 10.8. The molecule has 24 heavy (non-hydrogen) atoms. The van der Waals surface area contributed by atoms with E-state index in [2.05, 4.69) is 15.9 Å². The van der Waals surface area contributed by atoms with Crippen molar-refractivity contribution in [1.82, 2.24) is 0 Å². The summed E-state index contributed by atoms with van der Waals surface area (Å²) in [7, 11) is 0. The number of hydrogen-bond donors (Lipinski definition) is 0. The van der Waals surface area contributed by atoms with Crippen LogP contribution in [0.2, 0.25) is 5.02 Å². The summed E-state index contributed by atoms with van der Waals surface area (Å²) in [4.78, 5) is 23.7. The predicted molar refractivity (Wildman–Crippen MR) is 90.7 cm³/mol. The van der Waals surface area contributed by atoms with Gasteiger partial charge in [0.25, 0.3) is 0 Å². The first-order valence-corrected chi connectivity index (χ1v) is 7.96. The van der Waals surface area contributed by atoms with Crippen LogP contribution in [0, 0.1) is 5.82 Å². The van der Waals surface area contributed by atoms with Gasteiger partial charge in [0.05, 0.1) is 5.02 Å². The molecule has 0 radical (unpaired) electrons. The van der Waals surface area contributed by atoms with E-state index < -0.39 is 17.4 Å². The largest absolute Gasteiger partial charge is 0.457 e. The zero-order valence-corrected chi connectivity index (χ0v) is 14.4. The summed E-state index contributed by atoms with van der Waals surface area (Å²) in [6, 6.07) is 10.3. The molecule has 0 bridgehead atoms. The van der Waals surface area contributed by atoms with E-state index in [1.807, 2.05) is 0 Å². The minimum atomic E-state index is -0.906. The summed E-state index contributed by atoms with van der Waals surface area (Å²) in [6.45, 7) is -0.215. The number of esters is 1. The smallest absolute Gasteiger partial charge is 0.342 e. The molecule has 0 atom stereocenters. The Bertz CT molecular complexity index is 979.